The third-order valence-electron chi connectivity index (χ3n) is 0.408. The van der Waals surface area contributed by atoms with E-state index >= 15 is 0 Å². The summed E-state index contributed by atoms with van der Waals surface area (Å²) in [4.78, 5) is 0. The zero-order valence-electron chi connectivity index (χ0n) is 6.41. The van der Waals surface area contributed by atoms with Crippen LogP contribution in [0.3, 0.4) is 0 Å². The molecule has 0 saturated carbocycles. The van der Waals surface area contributed by atoms with Crippen LogP contribution in [0.15, 0.2) is 0 Å². The second kappa shape index (κ2) is 4.60. The van der Waals surface area contributed by atoms with Gasteiger partial charge in [0.2, 0.25) is 8.32 Å². The van der Waals surface area contributed by atoms with Crippen molar-refractivity contribution in [3.05, 3.63) is 0 Å². The quantitative estimate of drug-likeness (QED) is 0.432. The fraction of sp³-hybridized carbons (Fsp3) is 1.00. The number of hydroxylamine groups is 1. The van der Waals surface area contributed by atoms with Gasteiger partial charge in [0.25, 0.3) is 0 Å². The average molecular weight is 126 g/mol. The first kappa shape index (κ1) is 11.5. The first-order valence-corrected chi connectivity index (χ1v) is 5.82. The van der Waals surface area contributed by atoms with E-state index in [-0.39, 0.29) is 18.9 Å². The minimum Gasteiger partial charge on any atom is -0.346 e. The van der Waals surface area contributed by atoms with E-state index in [0.29, 0.717) is 0 Å². The Morgan fingerprint density at radius 2 is 1.62 bits per heavy atom. The van der Waals surface area contributed by atoms with Gasteiger partial charge in [-0.05, 0) is 19.6 Å². The molecule has 0 aliphatic heterocycles. The van der Waals surface area contributed by atoms with E-state index in [9.17, 15) is 0 Å². The van der Waals surface area contributed by atoms with Crippen molar-refractivity contribution in [1.82, 2.24) is 5.48 Å². The molecule has 2 nitrogen and oxygen atoms in total. The molecule has 1 radical (unpaired) electrons. The zero-order valence-corrected chi connectivity index (χ0v) is 7.41. The van der Waals surface area contributed by atoms with E-state index in [4.69, 9.17) is 4.53 Å². The molecule has 0 aromatic heterocycles. The van der Waals surface area contributed by atoms with Crippen LogP contribution in [0, 0.1) is 0 Å². The van der Waals surface area contributed by atoms with Crippen molar-refractivity contribution in [1.29, 1.82) is 0 Å². The van der Waals surface area contributed by atoms with Crippen molar-refractivity contribution in [2.75, 3.05) is 7.05 Å². The molecule has 0 saturated heterocycles. The maximum atomic E-state index is 5.12. The second-order valence-corrected chi connectivity index (χ2v) is 6.85. The Bertz CT molecular complexity index is 54.5. The summed E-state index contributed by atoms with van der Waals surface area (Å²) in [6.07, 6.45) is 0. The molecule has 0 spiro atoms. The Kier molecular flexibility index (Phi) is 6.62. The summed E-state index contributed by atoms with van der Waals surface area (Å²) in [7, 11) is 0.522. The number of nitrogens with one attached hydrogen (secondary N) is 1. The predicted molar refractivity (Wildman–Crippen MR) is 39.2 cm³/mol. The molecule has 0 aromatic carbocycles. The van der Waals surface area contributed by atoms with Crippen LogP contribution >= 0.6 is 0 Å². The van der Waals surface area contributed by atoms with E-state index in [2.05, 4.69) is 25.1 Å². The van der Waals surface area contributed by atoms with E-state index in [1.54, 1.807) is 7.05 Å². The molecule has 0 heterocycles. The molecule has 0 atom stereocenters. The SMILES string of the molecule is CNO[Si](C)(C)C.[Li]. The summed E-state index contributed by atoms with van der Waals surface area (Å²) in [5.74, 6) is 0. The molecular formula is C4H13LiNOSi. The molecule has 45 valence electrons. The van der Waals surface area contributed by atoms with Crippen LogP contribution in [0.2, 0.25) is 19.6 Å². The average Bonchev–Trinajstić information content (AvgIpc) is 1.30. The van der Waals surface area contributed by atoms with Crippen molar-refractivity contribution in [2.24, 2.45) is 0 Å². The Balaban J connectivity index is 0. The Morgan fingerprint density at radius 1 is 1.25 bits per heavy atom. The van der Waals surface area contributed by atoms with Crippen LogP contribution in [0.4, 0.5) is 0 Å². The smallest absolute Gasteiger partial charge is 0.211 e. The van der Waals surface area contributed by atoms with E-state index in [1.807, 2.05) is 0 Å². The molecule has 0 aliphatic rings. The van der Waals surface area contributed by atoms with Crippen LogP contribution in [0.5, 0.6) is 0 Å². The molecule has 0 bridgehead atoms. The number of rotatable bonds is 2. The van der Waals surface area contributed by atoms with Gasteiger partial charge >= 0.3 is 0 Å². The summed E-state index contributed by atoms with van der Waals surface area (Å²) >= 11 is 0. The van der Waals surface area contributed by atoms with Crippen LogP contribution in [0.1, 0.15) is 0 Å². The Labute approximate surface area is 64.3 Å². The van der Waals surface area contributed by atoms with Gasteiger partial charge in [0.15, 0.2) is 0 Å². The molecule has 0 aliphatic carbocycles. The summed E-state index contributed by atoms with van der Waals surface area (Å²) in [5, 5.41) is 0. The second-order valence-electron chi connectivity index (χ2n) is 2.42. The van der Waals surface area contributed by atoms with E-state index in [0.717, 1.165) is 0 Å². The maximum Gasteiger partial charge on any atom is 0.211 e. The third-order valence-corrected chi connectivity index (χ3v) is 1.22. The molecule has 0 aromatic rings. The standard InChI is InChI=1S/C4H13NOSi.Li/c1-5-6-7(2,3)4;/h5H,1-4H3;. The number of hydrogen-bond acceptors (Lipinski definition) is 2. The maximum absolute atomic E-state index is 5.12. The topological polar surface area (TPSA) is 21.3 Å². The first-order chi connectivity index (χ1) is 3.06. The minimum atomic E-state index is -1.27. The summed E-state index contributed by atoms with van der Waals surface area (Å²) in [6, 6.07) is 0. The summed E-state index contributed by atoms with van der Waals surface area (Å²) in [6.45, 7) is 6.39. The van der Waals surface area contributed by atoms with Crippen LogP contribution in [-0.4, -0.2) is 34.2 Å². The third kappa shape index (κ3) is 9.88. The monoisotopic (exact) mass is 126 g/mol. The van der Waals surface area contributed by atoms with Gasteiger partial charge in [0.05, 0.1) is 0 Å². The molecule has 0 unspecified atom stereocenters. The fourth-order valence-electron chi connectivity index (χ4n) is 0.306. The van der Waals surface area contributed by atoms with Crippen molar-refractivity contribution in [3.63, 3.8) is 0 Å². The van der Waals surface area contributed by atoms with Crippen molar-refractivity contribution < 1.29 is 4.53 Å². The predicted octanol–water partition coefficient (Wildman–Crippen LogP) is 0.591. The fourth-order valence-corrected chi connectivity index (χ4v) is 0.919. The minimum absolute atomic E-state index is 0. The Morgan fingerprint density at radius 3 is 1.62 bits per heavy atom. The zero-order chi connectivity index (χ0) is 5.91. The summed E-state index contributed by atoms with van der Waals surface area (Å²) < 4.78 is 5.12. The first-order valence-electron chi connectivity index (χ1n) is 2.41. The molecule has 8 heavy (non-hydrogen) atoms. The number of hydrogen-bond donors (Lipinski definition) is 1. The van der Waals surface area contributed by atoms with E-state index < -0.39 is 8.32 Å². The summed E-state index contributed by atoms with van der Waals surface area (Å²) in [5.41, 5.74) is 2.67. The van der Waals surface area contributed by atoms with Crippen LogP contribution in [0.25, 0.3) is 0 Å². The molecular weight excluding hydrogens is 113 g/mol. The van der Waals surface area contributed by atoms with Gasteiger partial charge in [0, 0.05) is 25.9 Å². The van der Waals surface area contributed by atoms with Gasteiger partial charge < -0.3 is 4.53 Å². The van der Waals surface area contributed by atoms with Gasteiger partial charge in [-0.1, -0.05) is 0 Å². The van der Waals surface area contributed by atoms with Crippen molar-refractivity contribution in [3.8, 4) is 0 Å². The molecule has 0 fully saturated rings. The van der Waals surface area contributed by atoms with Gasteiger partial charge in [-0.25, -0.2) is 5.48 Å². The van der Waals surface area contributed by atoms with E-state index in [1.165, 1.54) is 0 Å². The van der Waals surface area contributed by atoms with Crippen LogP contribution in [-0.2, 0) is 4.53 Å². The molecule has 4 heteroatoms. The molecule has 0 rings (SSSR count). The van der Waals surface area contributed by atoms with Gasteiger partial charge in [0.1, 0.15) is 0 Å². The van der Waals surface area contributed by atoms with Crippen molar-refractivity contribution in [2.45, 2.75) is 19.6 Å². The van der Waals surface area contributed by atoms with Gasteiger partial charge in [-0.2, -0.15) is 0 Å². The normalized spacial score (nSPS) is 10.5. The van der Waals surface area contributed by atoms with Gasteiger partial charge in [-0.15, -0.1) is 0 Å². The Hall–Kier alpha value is 0.734. The largest absolute Gasteiger partial charge is 0.346 e. The van der Waals surface area contributed by atoms with Crippen LogP contribution < -0.4 is 5.48 Å². The molecule has 0 amide bonds. The molecule has 1 N–H and O–H groups in total. The van der Waals surface area contributed by atoms with Crippen molar-refractivity contribution >= 4 is 27.2 Å². The van der Waals surface area contributed by atoms with Gasteiger partial charge in [-0.3, -0.25) is 0 Å².